The van der Waals surface area contributed by atoms with Gasteiger partial charge in [0.25, 0.3) is 0 Å². The predicted octanol–water partition coefficient (Wildman–Crippen LogP) is 3.56. The van der Waals surface area contributed by atoms with Gasteiger partial charge in [0.15, 0.2) is 0 Å². The Labute approximate surface area is 130 Å². The van der Waals surface area contributed by atoms with Gasteiger partial charge in [-0.3, -0.25) is 0 Å². The summed E-state index contributed by atoms with van der Waals surface area (Å²) >= 11 is 5.96. The quantitative estimate of drug-likeness (QED) is 0.757. The molecule has 0 spiro atoms. The van der Waals surface area contributed by atoms with Gasteiger partial charge in [0.2, 0.25) is 0 Å². The Hall–Kier alpha value is -2.97. The molecule has 5 nitrogen and oxygen atoms in total. The van der Waals surface area contributed by atoms with E-state index in [9.17, 15) is 15.2 Å². The second-order valence-electron chi connectivity index (χ2n) is 4.69. The van der Waals surface area contributed by atoms with Gasteiger partial charge in [-0.2, -0.15) is 5.26 Å². The van der Waals surface area contributed by atoms with Crippen molar-refractivity contribution in [1.29, 1.82) is 5.26 Å². The SMILES string of the molecule is N#Cc1cn(-c2ccc(C(=O)O)c(O)c2)c2ccc(Cl)cc12. The fourth-order valence-electron chi connectivity index (χ4n) is 2.36. The topological polar surface area (TPSA) is 86.2 Å². The van der Waals surface area contributed by atoms with Gasteiger partial charge < -0.3 is 14.8 Å². The molecule has 0 saturated heterocycles. The molecule has 6 heteroatoms. The Balaban J connectivity index is 2.25. The van der Waals surface area contributed by atoms with Crippen LogP contribution in [-0.4, -0.2) is 20.7 Å². The van der Waals surface area contributed by atoms with Gasteiger partial charge in [0, 0.05) is 28.4 Å². The van der Waals surface area contributed by atoms with Crippen LogP contribution in [0.5, 0.6) is 5.75 Å². The first-order valence-corrected chi connectivity index (χ1v) is 6.66. The minimum Gasteiger partial charge on any atom is -0.507 e. The molecule has 1 aromatic heterocycles. The largest absolute Gasteiger partial charge is 0.507 e. The third-order valence-electron chi connectivity index (χ3n) is 3.38. The van der Waals surface area contributed by atoms with E-state index in [1.165, 1.54) is 12.1 Å². The van der Waals surface area contributed by atoms with Crippen LogP contribution in [0.25, 0.3) is 16.6 Å². The van der Waals surface area contributed by atoms with Gasteiger partial charge in [-0.05, 0) is 30.3 Å². The average molecular weight is 313 g/mol. The van der Waals surface area contributed by atoms with E-state index in [4.69, 9.17) is 16.7 Å². The van der Waals surface area contributed by atoms with Crippen molar-refractivity contribution in [2.45, 2.75) is 0 Å². The zero-order valence-corrected chi connectivity index (χ0v) is 11.9. The molecule has 0 saturated carbocycles. The van der Waals surface area contributed by atoms with Crippen LogP contribution < -0.4 is 0 Å². The van der Waals surface area contributed by atoms with Crippen LogP contribution in [0, 0.1) is 11.3 Å². The van der Waals surface area contributed by atoms with Crippen molar-refractivity contribution >= 4 is 28.5 Å². The number of fused-ring (bicyclic) bond motifs is 1. The van der Waals surface area contributed by atoms with Gasteiger partial charge in [-0.25, -0.2) is 4.79 Å². The molecule has 0 unspecified atom stereocenters. The number of benzene rings is 2. The van der Waals surface area contributed by atoms with E-state index in [1.54, 1.807) is 35.0 Å². The van der Waals surface area contributed by atoms with Crippen molar-refractivity contribution in [2.75, 3.05) is 0 Å². The number of carboxylic acids is 1. The number of phenols is 1. The second kappa shape index (κ2) is 5.10. The molecule has 2 aromatic carbocycles. The lowest BCUT2D eigenvalue weighted by Gasteiger charge is -2.07. The van der Waals surface area contributed by atoms with E-state index >= 15 is 0 Å². The molecule has 0 amide bonds. The highest BCUT2D eigenvalue weighted by molar-refractivity contribution is 6.31. The summed E-state index contributed by atoms with van der Waals surface area (Å²) in [5.41, 5.74) is 1.56. The molecule has 108 valence electrons. The van der Waals surface area contributed by atoms with Gasteiger partial charge in [0.1, 0.15) is 17.4 Å². The van der Waals surface area contributed by atoms with Crippen LogP contribution in [-0.2, 0) is 0 Å². The molecule has 0 radical (unpaired) electrons. The average Bonchev–Trinajstić information content (AvgIpc) is 2.84. The summed E-state index contributed by atoms with van der Waals surface area (Å²) in [6, 6.07) is 11.5. The highest BCUT2D eigenvalue weighted by Crippen LogP contribution is 2.29. The van der Waals surface area contributed by atoms with Crippen LogP contribution >= 0.6 is 11.6 Å². The van der Waals surface area contributed by atoms with Crippen molar-refractivity contribution in [3.8, 4) is 17.5 Å². The predicted molar refractivity (Wildman–Crippen MR) is 81.6 cm³/mol. The lowest BCUT2D eigenvalue weighted by Crippen LogP contribution is -1.98. The molecular weight excluding hydrogens is 304 g/mol. The maximum atomic E-state index is 10.9. The zero-order chi connectivity index (χ0) is 15.9. The van der Waals surface area contributed by atoms with Gasteiger partial charge in [-0.15, -0.1) is 0 Å². The Morgan fingerprint density at radius 1 is 1.23 bits per heavy atom. The molecule has 22 heavy (non-hydrogen) atoms. The number of halogens is 1. The Kier molecular flexibility index (Phi) is 3.24. The summed E-state index contributed by atoms with van der Waals surface area (Å²) < 4.78 is 1.70. The summed E-state index contributed by atoms with van der Waals surface area (Å²) in [6.45, 7) is 0. The summed E-state index contributed by atoms with van der Waals surface area (Å²) in [7, 11) is 0. The number of nitriles is 1. The number of carboxylic acid groups (broad SMARTS) is 1. The molecule has 3 aromatic rings. The molecule has 0 aliphatic heterocycles. The van der Waals surface area contributed by atoms with Crippen LogP contribution in [0.15, 0.2) is 42.6 Å². The van der Waals surface area contributed by atoms with Crippen LogP contribution in [0.1, 0.15) is 15.9 Å². The van der Waals surface area contributed by atoms with E-state index in [2.05, 4.69) is 6.07 Å². The molecule has 2 N–H and O–H groups in total. The molecule has 0 atom stereocenters. The van der Waals surface area contributed by atoms with Gasteiger partial charge in [0.05, 0.1) is 11.1 Å². The Morgan fingerprint density at radius 2 is 2.00 bits per heavy atom. The maximum absolute atomic E-state index is 10.9. The minimum atomic E-state index is -1.20. The summed E-state index contributed by atoms with van der Waals surface area (Å²) in [4.78, 5) is 10.9. The van der Waals surface area contributed by atoms with Crippen molar-refractivity contribution in [1.82, 2.24) is 4.57 Å². The highest BCUT2D eigenvalue weighted by Gasteiger charge is 2.14. The highest BCUT2D eigenvalue weighted by atomic mass is 35.5. The Bertz CT molecular complexity index is 954. The van der Waals surface area contributed by atoms with E-state index in [-0.39, 0.29) is 11.3 Å². The van der Waals surface area contributed by atoms with Gasteiger partial charge >= 0.3 is 5.97 Å². The fraction of sp³-hybridized carbons (Fsp3) is 0. The van der Waals surface area contributed by atoms with Crippen molar-refractivity contribution in [2.24, 2.45) is 0 Å². The molecule has 0 fully saturated rings. The molecule has 0 aliphatic rings. The Morgan fingerprint density at radius 3 is 2.64 bits per heavy atom. The van der Waals surface area contributed by atoms with Crippen LogP contribution in [0.2, 0.25) is 5.02 Å². The second-order valence-corrected chi connectivity index (χ2v) is 5.13. The van der Waals surface area contributed by atoms with E-state index < -0.39 is 5.97 Å². The summed E-state index contributed by atoms with van der Waals surface area (Å²) in [5, 5.41) is 29.2. The fourth-order valence-corrected chi connectivity index (χ4v) is 2.53. The van der Waals surface area contributed by atoms with Crippen LogP contribution in [0.3, 0.4) is 0 Å². The molecule has 0 aliphatic carbocycles. The monoisotopic (exact) mass is 312 g/mol. The van der Waals surface area contributed by atoms with Crippen molar-refractivity contribution in [3.05, 3.63) is 58.7 Å². The first kappa shape index (κ1) is 14.0. The van der Waals surface area contributed by atoms with E-state index in [0.29, 0.717) is 21.7 Å². The number of nitrogens with zero attached hydrogens (tertiary/aromatic N) is 2. The lowest BCUT2D eigenvalue weighted by atomic mass is 10.1. The molecule has 3 rings (SSSR count). The summed E-state index contributed by atoms with van der Waals surface area (Å²) in [5.74, 6) is -1.54. The summed E-state index contributed by atoms with van der Waals surface area (Å²) in [6.07, 6.45) is 1.62. The standard InChI is InChI=1S/C16H9ClN2O3/c17-10-1-4-14-13(5-10)9(7-18)8-19(14)11-2-3-12(16(21)22)15(20)6-11/h1-6,8,20H,(H,21,22). The third kappa shape index (κ3) is 2.16. The number of aromatic nitrogens is 1. The first-order valence-electron chi connectivity index (χ1n) is 6.28. The number of hydrogen-bond donors (Lipinski definition) is 2. The number of carbonyl (C=O) groups is 1. The zero-order valence-electron chi connectivity index (χ0n) is 11.1. The molecule has 0 bridgehead atoms. The lowest BCUT2D eigenvalue weighted by molar-refractivity contribution is 0.0694. The molecule has 1 heterocycles. The minimum absolute atomic E-state index is 0.177. The van der Waals surface area contributed by atoms with Gasteiger partial charge in [-0.1, -0.05) is 11.6 Å². The van der Waals surface area contributed by atoms with E-state index in [1.807, 2.05) is 0 Å². The smallest absolute Gasteiger partial charge is 0.339 e. The number of aromatic hydroxyl groups is 1. The van der Waals surface area contributed by atoms with E-state index in [0.717, 1.165) is 5.52 Å². The van der Waals surface area contributed by atoms with Crippen molar-refractivity contribution in [3.63, 3.8) is 0 Å². The normalized spacial score (nSPS) is 10.5. The first-order chi connectivity index (χ1) is 10.5. The van der Waals surface area contributed by atoms with Crippen molar-refractivity contribution < 1.29 is 15.0 Å². The number of hydrogen-bond acceptors (Lipinski definition) is 3. The number of rotatable bonds is 2. The molecular formula is C16H9ClN2O3. The van der Waals surface area contributed by atoms with Crippen LogP contribution in [0.4, 0.5) is 0 Å². The third-order valence-corrected chi connectivity index (χ3v) is 3.61. The number of aromatic carboxylic acids is 1. The maximum Gasteiger partial charge on any atom is 0.339 e.